The minimum atomic E-state index is 0.0827. The van der Waals surface area contributed by atoms with Gasteiger partial charge in [-0.1, -0.05) is 25.5 Å². The maximum absolute atomic E-state index is 12.3. The minimum Gasteiger partial charge on any atom is -0.349 e. The third-order valence-corrected chi connectivity index (χ3v) is 4.56. The second-order valence-electron chi connectivity index (χ2n) is 6.23. The number of benzene rings is 1. The van der Waals surface area contributed by atoms with Crippen molar-refractivity contribution >= 4 is 5.91 Å². The lowest BCUT2D eigenvalue weighted by atomic mass is 9.99. The molecule has 2 fully saturated rings. The van der Waals surface area contributed by atoms with Crippen LogP contribution in [0.25, 0.3) is 0 Å². The van der Waals surface area contributed by atoms with E-state index in [0.29, 0.717) is 18.1 Å². The number of hydrogen-bond acceptors (Lipinski definition) is 2. The summed E-state index contributed by atoms with van der Waals surface area (Å²) in [7, 11) is 0. The Morgan fingerprint density at radius 1 is 1.20 bits per heavy atom. The van der Waals surface area contributed by atoms with E-state index in [1.165, 1.54) is 18.4 Å². The summed E-state index contributed by atoms with van der Waals surface area (Å²) in [5, 5.41) is 6.81. The van der Waals surface area contributed by atoms with Crippen molar-refractivity contribution in [3.8, 4) is 0 Å². The first kappa shape index (κ1) is 13.6. The lowest BCUT2D eigenvalue weighted by Crippen LogP contribution is -2.48. The van der Waals surface area contributed by atoms with Crippen LogP contribution in [0.15, 0.2) is 24.3 Å². The Hall–Kier alpha value is -1.35. The Morgan fingerprint density at radius 3 is 2.45 bits per heavy atom. The molecular formula is C17H24N2O. The van der Waals surface area contributed by atoms with Crippen LogP contribution in [0, 0.1) is 0 Å². The van der Waals surface area contributed by atoms with E-state index < -0.39 is 0 Å². The normalized spacial score (nSPS) is 28.4. The highest BCUT2D eigenvalue weighted by Crippen LogP contribution is 2.26. The van der Waals surface area contributed by atoms with E-state index in [9.17, 15) is 4.79 Å². The van der Waals surface area contributed by atoms with Crippen LogP contribution >= 0.6 is 0 Å². The molecule has 0 radical (unpaired) electrons. The fourth-order valence-electron chi connectivity index (χ4n) is 3.56. The summed E-state index contributed by atoms with van der Waals surface area (Å²) in [5.74, 6) is 0.0827. The Labute approximate surface area is 121 Å². The van der Waals surface area contributed by atoms with Crippen LogP contribution in [0.3, 0.4) is 0 Å². The van der Waals surface area contributed by atoms with Gasteiger partial charge in [-0.2, -0.15) is 0 Å². The molecule has 2 bridgehead atoms. The summed E-state index contributed by atoms with van der Waals surface area (Å²) in [5.41, 5.74) is 2.10. The summed E-state index contributed by atoms with van der Waals surface area (Å²) in [6.45, 7) is 2.17. The Bertz CT molecular complexity index is 456. The Morgan fingerprint density at radius 2 is 1.85 bits per heavy atom. The van der Waals surface area contributed by atoms with Crippen LogP contribution in [0.1, 0.15) is 54.9 Å². The first-order valence-electron chi connectivity index (χ1n) is 7.90. The Kier molecular flexibility index (Phi) is 4.06. The zero-order valence-electron chi connectivity index (χ0n) is 12.2. The van der Waals surface area contributed by atoms with Gasteiger partial charge in [-0.05, 0) is 49.8 Å². The monoisotopic (exact) mass is 272 g/mol. The minimum absolute atomic E-state index is 0.0827. The van der Waals surface area contributed by atoms with Crippen LogP contribution in [0.2, 0.25) is 0 Å². The summed E-state index contributed by atoms with van der Waals surface area (Å²) >= 11 is 0. The summed E-state index contributed by atoms with van der Waals surface area (Å²) in [4.78, 5) is 12.3. The van der Waals surface area contributed by atoms with E-state index in [4.69, 9.17) is 0 Å². The average Bonchev–Trinajstić information content (AvgIpc) is 2.79. The molecule has 1 aromatic carbocycles. The summed E-state index contributed by atoms with van der Waals surface area (Å²) in [6.07, 6.45) is 6.92. The van der Waals surface area contributed by atoms with Crippen LogP contribution in [-0.2, 0) is 6.42 Å². The maximum Gasteiger partial charge on any atom is 0.251 e. The number of carbonyl (C=O) groups excluding carboxylic acids is 1. The molecule has 0 spiro atoms. The predicted octanol–water partition coefficient (Wildman–Crippen LogP) is 2.65. The zero-order valence-corrected chi connectivity index (χ0v) is 12.2. The first-order chi connectivity index (χ1) is 9.74. The number of carbonyl (C=O) groups is 1. The van der Waals surface area contributed by atoms with Gasteiger partial charge in [-0.3, -0.25) is 4.79 Å². The molecule has 2 heterocycles. The molecule has 2 unspecified atom stereocenters. The zero-order chi connectivity index (χ0) is 13.9. The van der Waals surface area contributed by atoms with Crippen molar-refractivity contribution < 1.29 is 4.79 Å². The van der Waals surface area contributed by atoms with E-state index in [1.807, 2.05) is 12.1 Å². The molecule has 108 valence electrons. The van der Waals surface area contributed by atoms with Gasteiger partial charge in [0.1, 0.15) is 0 Å². The SMILES string of the molecule is CCCc1ccc(C(=O)NC2CC3CCC(C2)N3)cc1. The van der Waals surface area contributed by atoms with Crippen LogP contribution in [0.5, 0.6) is 0 Å². The fourth-order valence-corrected chi connectivity index (χ4v) is 3.56. The molecule has 0 aromatic heterocycles. The molecule has 3 heteroatoms. The van der Waals surface area contributed by atoms with Crippen molar-refractivity contribution in [1.82, 2.24) is 10.6 Å². The number of hydrogen-bond donors (Lipinski definition) is 2. The molecule has 2 aliphatic heterocycles. The van der Waals surface area contributed by atoms with E-state index >= 15 is 0 Å². The molecule has 2 N–H and O–H groups in total. The summed E-state index contributed by atoms with van der Waals surface area (Å²) < 4.78 is 0. The van der Waals surface area contributed by atoms with Crippen molar-refractivity contribution in [2.45, 2.75) is 63.6 Å². The quantitative estimate of drug-likeness (QED) is 0.884. The van der Waals surface area contributed by atoms with E-state index in [1.54, 1.807) is 0 Å². The van der Waals surface area contributed by atoms with Crippen LogP contribution in [-0.4, -0.2) is 24.0 Å². The molecule has 2 atom stereocenters. The molecule has 20 heavy (non-hydrogen) atoms. The third-order valence-electron chi connectivity index (χ3n) is 4.56. The number of aryl methyl sites for hydroxylation is 1. The highest BCUT2D eigenvalue weighted by atomic mass is 16.1. The van der Waals surface area contributed by atoms with Gasteiger partial charge in [0.25, 0.3) is 5.91 Å². The van der Waals surface area contributed by atoms with Gasteiger partial charge < -0.3 is 10.6 Å². The van der Waals surface area contributed by atoms with Crippen molar-refractivity contribution in [3.63, 3.8) is 0 Å². The van der Waals surface area contributed by atoms with Crippen molar-refractivity contribution in [2.24, 2.45) is 0 Å². The lowest BCUT2D eigenvalue weighted by Gasteiger charge is -2.29. The summed E-state index contributed by atoms with van der Waals surface area (Å²) in [6, 6.07) is 9.63. The molecule has 3 rings (SSSR count). The topological polar surface area (TPSA) is 41.1 Å². The van der Waals surface area contributed by atoms with Gasteiger partial charge in [0, 0.05) is 23.7 Å². The first-order valence-corrected chi connectivity index (χ1v) is 7.90. The standard InChI is InChI=1S/C17H24N2O/c1-2-3-12-4-6-13(7-5-12)17(20)19-16-10-14-8-9-15(11-16)18-14/h4-7,14-16,18H,2-3,8-11H2,1H3,(H,19,20). The van der Waals surface area contributed by atoms with Gasteiger partial charge in [-0.15, -0.1) is 0 Å². The molecular weight excluding hydrogens is 248 g/mol. The van der Waals surface area contributed by atoms with Gasteiger partial charge in [0.05, 0.1) is 0 Å². The second kappa shape index (κ2) is 5.96. The molecule has 1 aromatic rings. The number of rotatable bonds is 4. The van der Waals surface area contributed by atoms with Crippen molar-refractivity contribution in [3.05, 3.63) is 35.4 Å². The van der Waals surface area contributed by atoms with E-state index in [0.717, 1.165) is 31.2 Å². The highest BCUT2D eigenvalue weighted by Gasteiger charge is 2.33. The van der Waals surface area contributed by atoms with Crippen LogP contribution < -0.4 is 10.6 Å². The fraction of sp³-hybridized carbons (Fsp3) is 0.588. The number of fused-ring (bicyclic) bond motifs is 2. The maximum atomic E-state index is 12.3. The molecule has 1 amide bonds. The molecule has 3 nitrogen and oxygen atoms in total. The molecule has 0 saturated carbocycles. The lowest BCUT2D eigenvalue weighted by molar-refractivity contribution is 0.0924. The van der Waals surface area contributed by atoms with Gasteiger partial charge in [0.2, 0.25) is 0 Å². The third kappa shape index (κ3) is 3.04. The van der Waals surface area contributed by atoms with Gasteiger partial charge >= 0.3 is 0 Å². The largest absolute Gasteiger partial charge is 0.349 e. The number of nitrogens with one attached hydrogen (secondary N) is 2. The Balaban J connectivity index is 1.58. The smallest absolute Gasteiger partial charge is 0.251 e. The number of amides is 1. The van der Waals surface area contributed by atoms with Crippen molar-refractivity contribution in [1.29, 1.82) is 0 Å². The molecule has 2 aliphatic rings. The van der Waals surface area contributed by atoms with Crippen LogP contribution in [0.4, 0.5) is 0 Å². The highest BCUT2D eigenvalue weighted by molar-refractivity contribution is 5.94. The van der Waals surface area contributed by atoms with Crippen molar-refractivity contribution in [2.75, 3.05) is 0 Å². The molecule has 0 aliphatic carbocycles. The predicted molar refractivity (Wildman–Crippen MR) is 80.9 cm³/mol. The van der Waals surface area contributed by atoms with Gasteiger partial charge in [-0.25, -0.2) is 0 Å². The van der Waals surface area contributed by atoms with E-state index in [2.05, 4.69) is 29.7 Å². The second-order valence-corrected chi connectivity index (χ2v) is 6.23. The van der Waals surface area contributed by atoms with Gasteiger partial charge in [0.15, 0.2) is 0 Å². The van der Waals surface area contributed by atoms with E-state index in [-0.39, 0.29) is 5.91 Å². The molecule has 2 saturated heterocycles. The number of piperidine rings is 1. The average molecular weight is 272 g/mol.